The lowest BCUT2D eigenvalue weighted by Crippen LogP contribution is -2.23. The van der Waals surface area contributed by atoms with E-state index in [2.05, 4.69) is 5.32 Å². The molecular weight excluding hydrogens is 226 g/mol. The van der Waals surface area contributed by atoms with Gasteiger partial charge < -0.3 is 10.1 Å². The average Bonchev–Trinajstić information content (AvgIpc) is 2.83. The maximum absolute atomic E-state index is 12.2. The van der Waals surface area contributed by atoms with Gasteiger partial charge in [-0.3, -0.25) is 0 Å². The molecule has 1 aromatic rings. The summed E-state index contributed by atoms with van der Waals surface area (Å²) in [7, 11) is -1.68. The molecule has 1 unspecified atom stereocenters. The van der Waals surface area contributed by atoms with E-state index in [4.69, 9.17) is 4.74 Å². The van der Waals surface area contributed by atoms with Crippen LogP contribution < -0.4 is 10.1 Å². The summed E-state index contributed by atoms with van der Waals surface area (Å²) >= 11 is 0. The number of methoxy groups -OCH3 is 1. The molecule has 0 aromatic heterocycles. The molecule has 2 rings (SSSR count). The molecule has 5 heteroatoms. The monoisotopic (exact) mass is 241 g/mol. The van der Waals surface area contributed by atoms with Crippen LogP contribution in [0.1, 0.15) is 6.42 Å². The molecule has 1 heterocycles. The quantitative estimate of drug-likeness (QED) is 0.851. The molecule has 1 aliphatic heterocycles. The first-order valence-corrected chi connectivity index (χ1v) is 6.78. The van der Waals surface area contributed by atoms with E-state index < -0.39 is 9.84 Å². The van der Waals surface area contributed by atoms with Crippen LogP contribution in [0.5, 0.6) is 5.75 Å². The van der Waals surface area contributed by atoms with Crippen LogP contribution in [0.15, 0.2) is 29.2 Å². The predicted molar refractivity (Wildman–Crippen MR) is 61.5 cm³/mol. The smallest absolute Gasteiger partial charge is 0.182 e. The number of sulfone groups is 1. The maximum atomic E-state index is 12.2. The maximum Gasteiger partial charge on any atom is 0.182 e. The highest BCUT2D eigenvalue weighted by Crippen LogP contribution is 2.23. The standard InChI is InChI=1S/C11H15NO3S/c1-15-9-3-2-4-10(7-9)16(13,14)11-5-6-12-8-11/h2-4,7,11-12H,5-6,8H2,1H3. The third kappa shape index (κ3) is 2.05. The van der Waals surface area contributed by atoms with Crippen LogP contribution in [0, 0.1) is 0 Å². The van der Waals surface area contributed by atoms with Gasteiger partial charge in [0.1, 0.15) is 5.75 Å². The fourth-order valence-corrected chi connectivity index (χ4v) is 3.56. The van der Waals surface area contributed by atoms with Crippen molar-refractivity contribution in [3.8, 4) is 5.75 Å². The van der Waals surface area contributed by atoms with Crippen molar-refractivity contribution in [3.63, 3.8) is 0 Å². The molecule has 1 aliphatic rings. The van der Waals surface area contributed by atoms with Gasteiger partial charge >= 0.3 is 0 Å². The molecule has 16 heavy (non-hydrogen) atoms. The minimum atomic E-state index is -3.21. The summed E-state index contributed by atoms with van der Waals surface area (Å²) in [4.78, 5) is 0.348. The van der Waals surface area contributed by atoms with Crippen LogP contribution in [-0.4, -0.2) is 33.9 Å². The Morgan fingerprint density at radius 2 is 2.25 bits per heavy atom. The van der Waals surface area contributed by atoms with E-state index in [1.807, 2.05) is 0 Å². The van der Waals surface area contributed by atoms with E-state index in [1.54, 1.807) is 24.3 Å². The van der Waals surface area contributed by atoms with Crippen molar-refractivity contribution in [1.82, 2.24) is 5.32 Å². The van der Waals surface area contributed by atoms with Gasteiger partial charge in [0.15, 0.2) is 9.84 Å². The number of hydrogen-bond donors (Lipinski definition) is 1. The van der Waals surface area contributed by atoms with Gasteiger partial charge in [0, 0.05) is 6.54 Å². The first-order valence-electron chi connectivity index (χ1n) is 5.23. The summed E-state index contributed by atoms with van der Waals surface area (Å²) in [6, 6.07) is 6.64. The van der Waals surface area contributed by atoms with Crippen molar-refractivity contribution in [2.24, 2.45) is 0 Å². The zero-order chi connectivity index (χ0) is 11.6. The van der Waals surface area contributed by atoms with Crippen molar-refractivity contribution in [1.29, 1.82) is 0 Å². The van der Waals surface area contributed by atoms with Gasteiger partial charge in [-0.15, -0.1) is 0 Å². The summed E-state index contributed by atoms with van der Waals surface area (Å²) < 4.78 is 29.4. The highest BCUT2D eigenvalue weighted by atomic mass is 32.2. The van der Waals surface area contributed by atoms with Crippen LogP contribution in [0.3, 0.4) is 0 Å². The van der Waals surface area contributed by atoms with Gasteiger partial charge in [-0.1, -0.05) is 6.07 Å². The summed E-state index contributed by atoms with van der Waals surface area (Å²) in [5.41, 5.74) is 0. The minimum Gasteiger partial charge on any atom is -0.497 e. The van der Waals surface area contributed by atoms with Gasteiger partial charge in [0.2, 0.25) is 0 Å². The highest BCUT2D eigenvalue weighted by Gasteiger charge is 2.30. The van der Waals surface area contributed by atoms with E-state index in [9.17, 15) is 8.42 Å². The topological polar surface area (TPSA) is 55.4 Å². The minimum absolute atomic E-state index is 0.306. The van der Waals surface area contributed by atoms with Gasteiger partial charge in [-0.05, 0) is 31.2 Å². The Labute approximate surface area is 95.5 Å². The van der Waals surface area contributed by atoms with Crippen molar-refractivity contribution >= 4 is 9.84 Å². The summed E-state index contributed by atoms with van der Waals surface area (Å²) in [6.07, 6.45) is 0.680. The molecule has 0 saturated carbocycles. The zero-order valence-electron chi connectivity index (χ0n) is 9.14. The number of hydrogen-bond acceptors (Lipinski definition) is 4. The second kappa shape index (κ2) is 4.43. The van der Waals surface area contributed by atoms with Gasteiger partial charge in [-0.2, -0.15) is 0 Å². The second-order valence-electron chi connectivity index (χ2n) is 3.84. The molecule has 1 fully saturated rings. The average molecular weight is 241 g/mol. The Morgan fingerprint density at radius 1 is 1.44 bits per heavy atom. The second-order valence-corrected chi connectivity index (χ2v) is 6.07. The van der Waals surface area contributed by atoms with Crippen LogP contribution in [0.2, 0.25) is 0 Å². The van der Waals surface area contributed by atoms with Gasteiger partial charge in [-0.25, -0.2) is 8.42 Å². The van der Waals surface area contributed by atoms with E-state index in [0.717, 1.165) is 6.54 Å². The van der Waals surface area contributed by atoms with E-state index in [-0.39, 0.29) is 5.25 Å². The fraction of sp³-hybridized carbons (Fsp3) is 0.455. The fourth-order valence-electron chi connectivity index (χ4n) is 1.86. The summed E-state index contributed by atoms with van der Waals surface area (Å²) in [6.45, 7) is 1.31. The summed E-state index contributed by atoms with van der Waals surface area (Å²) in [5.74, 6) is 0.576. The zero-order valence-corrected chi connectivity index (χ0v) is 9.96. The summed E-state index contributed by atoms with van der Waals surface area (Å²) in [5, 5.41) is 2.76. The first-order chi connectivity index (χ1) is 7.64. The van der Waals surface area contributed by atoms with Crippen LogP contribution in [0.4, 0.5) is 0 Å². The number of nitrogens with one attached hydrogen (secondary N) is 1. The van der Waals surface area contributed by atoms with Gasteiger partial charge in [0.25, 0.3) is 0 Å². The Morgan fingerprint density at radius 3 is 2.88 bits per heavy atom. The molecule has 0 bridgehead atoms. The Balaban J connectivity index is 2.34. The third-order valence-corrected chi connectivity index (χ3v) is 5.01. The Kier molecular flexibility index (Phi) is 3.16. The highest BCUT2D eigenvalue weighted by molar-refractivity contribution is 7.92. The number of ether oxygens (including phenoxy) is 1. The number of benzene rings is 1. The molecule has 4 nitrogen and oxygen atoms in total. The predicted octanol–water partition coefficient (Wildman–Crippen LogP) is 0.831. The van der Waals surface area contributed by atoms with Crippen molar-refractivity contribution in [3.05, 3.63) is 24.3 Å². The SMILES string of the molecule is COc1cccc(S(=O)(=O)C2CCNC2)c1. The van der Waals surface area contributed by atoms with Gasteiger partial charge in [0.05, 0.1) is 17.3 Å². The molecule has 1 N–H and O–H groups in total. The van der Waals surface area contributed by atoms with Crippen LogP contribution in [0.25, 0.3) is 0 Å². The first kappa shape index (κ1) is 11.4. The lowest BCUT2D eigenvalue weighted by atomic mass is 10.3. The Hall–Kier alpha value is -1.07. The molecular formula is C11H15NO3S. The largest absolute Gasteiger partial charge is 0.497 e. The molecule has 0 amide bonds. The molecule has 0 radical (unpaired) electrons. The Bertz CT molecular complexity index is 464. The molecule has 88 valence electrons. The van der Waals surface area contributed by atoms with E-state index >= 15 is 0 Å². The normalized spacial score (nSPS) is 20.9. The van der Waals surface area contributed by atoms with Crippen molar-refractivity contribution in [2.75, 3.05) is 20.2 Å². The molecule has 1 saturated heterocycles. The van der Waals surface area contributed by atoms with E-state index in [1.165, 1.54) is 7.11 Å². The molecule has 0 spiro atoms. The number of rotatable bonds is 3. The molecule has 0 aliphatic carbocycles. The molecule has 1 atom stereocenters. The van der Waals surface area contributed by atoms with Crippen LogP contribution in [-0.2, 0) is 9.84 Å². The van der Waals surface area contributed by atoms with Crippen molar-refractivity contribution < 1.29 is 13.2 Å². The van der Waals surface area contributed by atoms with E-state index in [0.29, 0.717) is 23.6 Å². The molecule has 1 aromatic carbocycles. The van der Waals surface area contributed by atoms with Crippen LogP contribution >= 0.6 is 0 Å². The lowest BCUT2D eigenvalue weighted by Gasteiger charge is -2.11. The van der Waals surface area contributed by atoms with Crippen molar-refractivity contribution in [2.45, 2.75) is 16.6 Å². The lowest BCUT2D eigenvalue weighted by molar-refractivity contribution is 0.413. The third-order valence-electron chi connectivity index (χ3n) is 2.82.